The molecule has 0 atom stereocenters. The van der Waals surface area contributed by atoms with Crippen LogP contribution in [0.1, 0.15) is 0 Å². The van der Waals surface area contributed by atoms with Crippen LogP contribution in [0.3, 0.4) is 0 Å². The maximum absolute atomic E-state index is 12.3. The number of aromatic nitrogens is 3. The molecule has 0 aliphatic carbocycles. The van der Waals surface area contributed by atoms with Gasteiger partial charge in [0.15, 0.2) is 0 Å². The second-order valence-corrected chi connectivity index (χ2v) is 10.2. The van der Waals surface area contributed by atoms with Gasteiger partial charge in [0, 0.05) is 62.1 Å². The van der Waals surface area contributed by atoms with Crippen LogP contribution in [-0.2, 0) is 11.8 Å². The highest BCUT2D eigenvalue weighted by molar-refractivity contribution is 7.98. The van der Waals surface area contributed by atoms with E-state index in [0.29, 0.717) is 23.1 Å². The normalized spacial score (nSPS) is 11.1. The molecule has 0 radical (unpaired) electrons. The van der Waals surface area contributed by atoms with Crippen LogP contribution in [0.15, 0.2) is 66.3 Å². The number of fused-ring (bicyclic) bond motifs is 1. The highest BCUT2D eigenvalue weighted by Gasteiger charge is 2.19. The van der Waals surface area contributed by atoms with E-state index in [2.05, 4.69) is 54.9 Å². The van der Waals surface area contributed by atoms with Crippen LogP contribution in [0.4, 0.5) is 23.0 Å². The van der Waals surface area contributed by atoms with Crippen LogP contribution in [-0.4, -0.2) is 72.9 Å². The molecule has 4 rings (SSSR count). The first-order valence-corrected chi connectivity index (χ1v) is 13.7. The third-order valence-electron chi connectivity index (χ3n) is 6.43. The maximum atomic E-state index is 12.3. The summed E-state index contributed by atoms with van der Waals surface area (Å²) in [7, 11) is 9.68. The lowest BCUT2D eigenvalue weighted by Gasteiger charge is -2.26. The van der Waals surface area contributed by atoms with Gasteiger partial charge in [-0.2, -0.15) is 0 Å². The van der Waals surface area contributed by atoms with E-state index in [9.17, 15) is 4.79 Å². The zero-order valence-corrected chi connectivity index (χ0v) is 24.1. The second kappa shape index (κ2) is 12.2. The van der Waals surface area contributed by atoms with Crippen molar-refractivity contribution in [2.45, 2.75) is 4.90 Å². The number of hydrogen-bond donors (Lipinski definition) is 2. The molecule has 0 saturated heterocycles. The fourth-order valence-electron chi connectivity index (χ4n) is 4.33. The highest BCUT2D eigenvalue weighted by atomic mass is 32.2. The molecule has 10 heteroatoms. The molecule has 0 spiro atoms. The van der Waals surface area contributed by atoms with Gasteiger partial charge in [0.2, 0.25) is 11.9 Å². The Morgan fingerprint density at radius 3 is 2.64 bits per heavy atom. The molecular formula is C29H35N7O2S. The fraction of sp³-hybridized carbons (Fsp3) is 0.276. The molecule has 4 aromatic rings. The Bertz CT molecular complexity index is 1500. The number of carbonyl (C=O) groups is 1. The van der Waals surface area contributed by atoms with Gasteiger partial charge in [-0.25, -0.2) is 9.97 Å². The number of para-hydroxylation sites is 1. The largest absolute Gasteiger partial charge is 0.494 e. The van der Waals surface area contributed by atoms with E-state index in [4.69, 9.17) is 9.72 Å². The average molecular weight is 546 g/mol. The number of nitrogens with zero attached hydrogens (tertiary/aromatic N) is 5. The van der Waals surface area contributed by atoms with E-state index in [-0.39, 0.29) is 5.91 Å². The molecule has 204 valence electrons. The van der Waals surface area contributed by atoms with Gasteiger partial charge >= 0.3 is 0 Å². The number of anilines is 4. The molecule has 0 aliphatic rings. The van der Waals surface area contributed by atoms with Gasteiger partial charge in [0.1, 0.15) is 5.75 Å². The van der Waals surface area contributed by atoms with Gasteiger partial charge in [-0.15, -0.1) is 11.8 Å². The molecule has 39 heavy (non-hydrogen) atoms. The lowest BCUT2D eigenvalue weighted by Crippen LogP contribution is -2.29. The van der Waals surface area contributed by atoms with Gasteiger partial charge in [0.05, 0.1) is 34.8 Å². The second-order valence-electron chi connectivity index (χ2n) is 9.39. The van der Waals surface area contributed by atoms with E-state index >= 15 is 0 Å². The predicted octanol–water partition coefficient (Wildman–Crippen LogP) is 5.23. The monoisotopic (exact) mass is 545 g/mol. The Balaban J connectivity index is 1.76. The molecule has 0 unspecified atom stereocenters. The summed E-state index contributed by atoms with van der Waals surface area (Å²) >= 11 is 1.60. The number of aryl methyl sites for hydroxylation is 1. The van der Waals surface area contributed by atoms with E-state index in [1.165, 1.54) is 6.08 Å². The molecule has 0 bridgehead atoms. The summed E-state index contributed by atoms with van der Waals surface area (Å²) in [5.74, 6) is 0.721. The predicted molar refractivity (Wildman–Crippen MR) is 163 cm³/mol. The fourth-order valence-corrected chi connectivity index (χ4v) is 4.84. The quantitative estimate of drug-likeness (QED) is 0.196. The Hall–Kier alpha value is -4.02. The van der Waals surface area contributed by atoms with Crippen LogP contribution < -0.4 is 20.3 Å². The molecule has 2 aromatic heterocycles. The number of likely N-dealkylation sites (N-methyl/N-ethyl adjacent to an activating group) is 2. The minimum absolute atomic E-state index is 0.299. The van der Waals surface area contributed by atoms with Crippen LogP contribution in [0, 0.1) is 0 Å². The van der Waals surface area contributed by atoms with Gasteiger partial charge in [-0.05, 0) is 38.6 Å². The van der Waals surface area contributed by atoms with Gasteiger partial charge in [0.25, 0.3) is 0 Å². The molecule has 0 saturated carbocycles. The van der Waals surface area contributed by atoms with Gasteiger partial charge in [-0.1, -0.05) is 24.8 Å². The van der Waals surface area contributed by atoms with Crippen LogP contribution in [0.25, 0.3) is 22.2 Å². The number of amides is 1. The Morgan fingerprint density at radius 1 is 1.18 bits per heavy atom. The first-order valence-electron chi connectivity index (χ1n) is 12.5. The van der Waals surface area contributed by atoms with Crippen LogP contribution >= 0.6 is 11.8 Å². The zero-order chi connectivity index (χ0) is 28.1. The number of nitrogens with one attached hydrogen (secondary N) is 2. The molecule has 0 fully saturated rings. The molecule has 0 aliphatic heterocycles. The van der Waals surface area contributed by atoms with Crippen molar-refractivity contribution in [1.29, 1.82) is 0 Å². The summed E-state index contributed by atoms with van der Waals surface area (Å²) in [6.07, 6.45) is 7.19. The number of carbonyl (C=O) groups excluding carboxylic acids is 1. The third kappa shape index (κ3) is 6.18. The van der Waals surface area contributed by atoms with Crippen LogP contribution in [0.2, 0.25) is 0 Å². The van der Waals surface area contributed by atoms with Crippen LogP contribution in [0.5, 0.6) is 5.75 Å². The van der Waals surface area contributed by atoms with Gasteiger partial charge in [-0.3, -0.25) is 4.79 Å². The van der Waals surface area contributed by atoms with E-state index in [0.717, 1.165) is 45.8 Å². The number of thioether (sulfide) groups is 1. The van der Waals surface area contributed by atoms with E-state index in [1.54, 1.807) is 18.9 Å². The summed E-state index contributed by atoms with van der Waals surface area (Å²) in [5.41, 5.74) is 5.08. The topological polar surface area (TPSA) is 87.5 Å². The number of hydrogen-bond acceptors (Lipinski definition) is 8. The molecule has 9 nitrogen and oxygen atoms in total. The lowest BCUT2D eigenvalue weighted by molar-refractivity contribution is -0.111. The van der Waals surface area contributed by atoms with Gasteiger partial charge < -0.3 is 29.7 Å². The number of methoxy groups -OCH3 is 1. The molecule has 2 N–H and O–H groups in total. The van der Waals surface area contributed by atoms with E-state index < -0.39 is 0 Å². The minimum Gasteiger partial charge on any atom is -0.494 e. The van der Waals surface area contributed by atoms with Crippen molar-refractivity contribution in [2.75, 3.05) is 63.1 Å². The third-order valence-corrected chi connectivity index (χ3v) is 7.17. The summed E-state index contributed by atoms with van der Waals surface area (Å²) in [6, 6.07) is 12.0. The molecular weight excluding hydrogens is 510 g/mol. The van der Waals surface area contributed by atoms with Crippen molar-refractivity contribution in [3.63, 3.8) is 0 Å². The Morgan fingerprint density at radius 2 is 1.95 bits per heavy atom. The van der Waals surface area contributed by atoms with Crippen molar-refractivity contribution in [3.05, 3.63) is 61.4 Å². The van der Waals surface area contributed by atoms with Crippen molar-refractivity contribution < 1.29 is 9.53 Å². The summed E-state index contributed by atoms with van der Waals surface area (Å²) in [4.78, 5) is 27.0. The Labute approximate surface area is 233 Å². The summed E-state index contributed by atoms with van der Waals surface area (Å²) in [6.45, 7) is 5.20. The number of benzene rings is 2. The van der Waals surface area contributed by atoms with E-state index in [1.807, 2.05) is 64.9 Å². The van der Waals surface area contributed by atoms with Crippen molar-refractivity contribution >= 4 is 51.6 Å². The maximum Gasteiger partial charge on any atom is 0.247 e. The molecule has 1 amide bonds. The van der Waals surface area contributed by atoms with Crippen molar-refractivity contribution in [2.24, 2.45) is 7.05 Å². The lowest BCUT2D eigenvalue weighted by atomic mass is 10.1. The smallest absolute Gasteiger partial charge is 0.247 e. The standard InChI is InChI=1S/C29H35N7O2S/c1-8-27(37)31-21-15-22(25(38-6)16-24(21)35(4)14-13-34(2)3)32-29-30-17-26(39-7)28(33-29)20-18-36(5)23-12-10-9-11-19(20)23/h8-12,15-18H,1,13-14H2,2-7H3,(H,31,37)(H,30,32,33). The average Bonchev–Trinajstić information content (AvgIpc) is 3.28. The minimum atomic E-state index is -0.299. The summed E-state index contributed by atoms with van der Waals surface area (Å²) < 4.78 is 7.85. The first kappa shape index (κ1) is 28.0. The zero-order valence-electron chi connectivity index (χ0n) is 23.3. The van der Waals surface area contributed by atoms with Crippen molar-refractivity contribution in [1.82, 2.24) is 19.4 Å². The number of rotatable bonds is 11. The van der Waals surface area contributed by atoms with Crippen molar-refractivity contribution in [3.8, 4) is 17.0 Å². The molecule has 2 heterocycles. The number of ether oxygens (including phenoxy) is 1. The summed E-state index contributed by atoms with van der Waals surface area (Å²) in [5, 5.41) is 7.37. The Kier molecular flexibility index (Phi) is 8.78. The highest BCUT2D eigenvalue weighted by Crippen LogP contribution is 2.39. The first-order chi connectivity index (χ1) is 18.7. The molecule has 2 aromatic carbocycles. The SMILES string of the molecule is C=CC(=O)Nc1cc(Nc2ncc(SC)c(-c3cn(C)c4ccccc34)n2)c(OC)cc1N(C)CCN(C)C.